The van der Waals surface area contributed by atoms with Crippen molar-refractivity contribution >= 4 is 11.9 Å². The van der Waals surface area contributed by atoms with Crippen molar-refractivity contribution in [2.75, 3.05) is 6.61 Å². The number of esters is 1. The molecule has 0 heterocycles. The van der Waals surface area contributed by atoms with Crippen LogP contribution in [-0.2, 0) is 16.0 Å². The molecule has 6 nitrogen and oxygen atoms in total. The Bertz CT molecular complexity index is 973. The number of ether oxygens (including phenoxy) is 1. The molecule has 0 bridgehead atoms. The molecule has 0 aliphatic heterocycles. The minimum atomic E-state index is -0.850. The standard InChI is InChI=1S/C23H21NO5/c25-18-11-12-19(21(26)14-18)23(28)29-15-22(27)24-20(17-9-5-2-6-10-17)13-16-7-3-1-4-8-16/h1-12,14,20,25-26H,13,15H2,(H,24,27)/t20-/m1/s1. The zero-order chi connectivity index (χ0) is 20.6. The minimum Gasteiger partial charge on any atom is -0.508 e. The molecule has 0 radical (unpaired) electrons. The van der Waals surface area contributed by atoms with E-state index in [1.54, 1.807) is 0 Å². The van der Waals surface area contributed by atoms with Crippen LogP contribution in [0.1, 0.15) is 27.5 Å². The molecule has 0 saturated heterocycles. The second-order valence-electron chi connectivity index (χ2n) is 6.50. The third-order valence-electron chi connectivity index (χ3n) is 4.36. The molecule has 3 aromatic rings. The molecule has 0 saturated carbocycles. The van der Waals surface area contributed by atoms with Crippen LogP contribution in [-0.4, -0.2) is 28.7 Å². The van der Waals surface area contributed by atoms with Crippen LogP contribution in [0.4, 0.5) is 0 Å². The lowest BCUT2D eigenvalue weighted by atomic mass is 9.99. The number of amides is 1. The molecule has 0 spiro atoms. The Morgan fingerprint density at radius 2 is 1.55 bits per heavy atom. The van der Waals surface area contributed by atoms with Gasteiger partial charge in [-0.1, -0.05) is 60.7 Å². The fraction of sp³-hybridized carbons (Fsp3) is 0.130. The summed E-state index contributed by atoms with van der Waals surface area (Å²) in [6, 6.07) is 22.5. The average Bonchev–Trinajstić information content (AvgIpc) is 2.73. The fourth-order valence-corrected chi connectivity index (χ4v) is 2.92. The molecule has 29 heavy (non-hydrogen) atoms. The topological polar surface area (TPSA) is 95.9 Å². The van der Waals surface area contributed by atoms with Gasteiger partial charge in [0, 0.05) is 6.07 Å². The molecular formula is C23H21NO5. The molecule has 0 fully saturated rings. The van der Waals surface area contributed by atoms with E-state index in [0.29, 0.717) is 6.42 Å². The van der Waals surface area contributed by atoms with Gasteiger partial charge in [0.1, 0.15) is 17.1 Å². The Kier molecular flexibility index (Phi) is 6.47. The summed E-state index contributed by atoms with van der Waals surface area (Å²) in [7, 11) is 0. The molecule has 0 unspecified atom stereocenters. The predicted octanol–water partition coefficient (Wildman–Crippen LogP) is 3.35. The molecule has 3 N–H and O–H groups in total. The van der Waals surface area contributed by atoms with E-state index in [9.17, 15) is 19.8 Å². The highest BCUT2D eigenvalue weighted by molar-refractivity contribution is 5.94. The number of phenolic OH excluding ortho intramolecular Hbond substituents is 2. The van der Waals surface area contributed by atoms with Crippen molar-refractivity contribution in [2.24, 2.45) is 0 Å². The van der Waals surface area contributed by atoms with Gasteiger partial charge < -0.3 is 20.3 Å². The Balaban J connectivity index is 1.64. The number of rotatable bonds is 7. The Morgan fingerprint density at radius 3 is 2.21 bits per heavy atom. The minimum absolute atomic E-state index is 0.125. The van der Waals surface area contributed by atoms with Crippen LogP contribution in [0, 0.1) is 0 Å². The third kappa shape index (κ3) is 5.59. The van der Waals surface area contributed by atoms with Crippen molar-refractivity contribution in [1.82, 2.24) is 5.32 Å². The Hall–Kier alpha value is -3.80. The maximum atomic E-state index is 12.4. The quantitative estimate of drug-likeness (QED) is 0.537. The number of benzene rings is 3. The van der Waals surface area contributed by atoms with E-state index in [-0.39, 0.29) is 17.4 Å². The first-order chi connectivity index (χ1) is 14.0. The average molecular weight is 391 g/mol. The van der Waals surface area contributed by atoms with E-state index in [1.165, 1.54) is 12.1 Å². The van der Waals surface area contributed by atoms with E-state index in [4.69, 9.17) is 4.74 Å². The van der Waals surface area contributed by atoms with Crippen molar-refractivity contribution in [3.8, 4) is 11.5 Å². The number of nitrogens with one attached hydrogen (secondary N) is 1. The van der Waals surface area contributed by atoms with Gasteiger partial charge in [0.25, 0.3) is 5.91 Å². The number of hydrogen-bond donors (Lipinski definition) is 3. The molecule has 148 valence electrons. The molecular weight excluding hydrogens is 370 g/mol. The van der Waals surface area contributed by atoms with Crippen molar-refractivity contribution in [1.29, 1.82) is 0 Å². The van der Waals surface area contributed by atoms with Gasteiger partial charge in [-0.3, -0.25) is 4.79 Å². The number of hydrogen-bond acceptors (Lipinski definition) is 5. The third-order valence-corrected chi connectivity index (χ3v) is 4.36. The van der Waals surface area contributed by atoms with Crippen LogP contribution in [0.2, 0.25) is 0 Å². The maximum absolute atomic E-state index is 12.4. The lowest BCUT2D eigenvalue weighted by molar-refractivity contribution is -0.125. The van der Waals surface area contributed by atoms with Gasteiger partial charge in [0.15, 0.2) is 6.61 Å². The lowest BCUT2D eigenvalue weighted by Gasteiger charge is -2.19. The van der Waals surface area contributed by atoms with Crippen LogP contribution in [0.15, 0.2) is 78.9 Å². The second-order valence-corrected chi connectivity index (χ2v) is 6.50. The van der Waals surface area contributed by atoms with Crippen molar-refractivity contribution < 1.29 is 24.5 Å². The van der Waals surface area contributed by atoms with Crippen molar-refractivity contribution in [3.63, 3.8) is 0 Å². The van der Waals surface area contributed by atoms with E-state index < -0.39 is 24.2 Å². The Labute approximate surface area is 168 Å². The lowest BCUT2D eigenvalue weighted by Crippen LogP contribution is -2.33. The summed E-state index contributed by atoms with van der Waals surface area (Å²) >= 11 is 0. The highest BCUT2D eigenvalue weighted by atomic mass is 16.5. The van der Waals surface area contributed by atoms with Crippen molar-refractivity contribution in [2.45, 2.75) is 12.5 Å². The summed E-state index contributed by atoms with van der Waals surface area (Å²) in [5.74, 6) is -1.90. The van der Waals surface area contributed by atoms with Crippen LogP contribution < -0.4 is 5.32 Å². The van der Waals surface area contributed by atoms with E-state index in [1.807, 2.05) is 60.7 Å². The summed E-state index contributed by atoms with van der Waals surface area (Å²) in [5.41, 5.74) is 1.87. The fourth-order valence-electron chi connectivity index (χ4n) is 2.92. The molecule has 6 heteroatoms. The van der Waals surface area contributed by atoms with E-state index in [0.717, 1.165) is 17.2 Å². The smallest absolute Gasteiger partial charge is 0.342 e. The summed E-state index contributed by atoms with van der Waals surface area (Å²) in [4.78, 5) is 24.5. The van der Waals surface area contributed by atoms with E-state index >= 15 is 0 Å². The monoisotopic (exact) mass is 391 g/mol. The van der Waals surface area contributed by atoms with Crippen molar-refractivity contribution in [3.05, 3.63) is 95.6 Å². The van der Waals surface area contributed by atoms with Crippen LogP contribution in [0.3, 0.4) is 0 Å². The number of carbonyl (C=O) groups excluding carboxylic acids is 2. The highest BCUT2D eigenvalue weighted by Crippen LogP contribution is 2.23. The van der Waals surface area contributed by atoms with E-state index in [2.05, 4.69) is 5.32 Å². The number of phenols is 2. The molecule has 0 aliphatic rings. The molecule has 3 rings (SSSR count). The largest absolute Gasteiger partial charge is 0.508 e. The van der Waals surface area contributed by atoms with Gasteiger partial charge in [0.05, 0.1) is 6.04 Å². The highest BCUT2D eigenvalue weighted by Gasteiger charge is 2.18. The van der Waals surface area contributed by atoms with Gasteiger partial charge in [-0.2, -0.15) is 0 Å². The first kappa shape index (κ1) is 19.9. The predicted molar refractivity (Wildman–Crippen MR) is 108 cm³/mol. The summed E-state index contributed by atoms with van der Waals surface area (Å²) < 4.78 is 5.00. The molecule has 1 atom stereocenters. The number of aromatic hydroxyl groups is 2. The summed E-state index contributed by atoms with van der Waals surface area (Å²) in [6.07, 6.45) is 0.587. The summed E-state index contributed by atoms with van der Waals surface area (Å²) in [6.45, 7) is -0.489. The SMILES string of the molecule is O=C(COC(=O)c1ccc(O)cc1O)N[C@H](Cc1ccccc1)c1ccccc1. The van der Waals surface area contributed by atoms with Crippen LogP contribution in [0.5, 0.6) is 11.5 Å². The first-order valence-electron chi connectivity index (χ1n) is 9.10. The van der Waals surface area contributed by atoms with Gasteiger partial charge >= 0.3 is 5.97 Å². The second kappa shape index (κ2) is 9.41. The zero-order valence-electron chi connectivity index (χ0n) is 15.6. The maximum Gasteiger partial charge on any atom is 0.342 e. The Morgan fingerprint density at radius 1 is 0.897 bits per heavy atom. The molecule has 1 amide bonds. The van der Waals surface area contributed by atoms with Gasteiger partial charge in [-0.25, -0.2) is 4.79 Å². The van der Waals surface area contributed by atoms with Gasteiger partial charge in [-0.05, 0) is 29.7 Å². The molecule has 0 aliphatic carbocycles. The molecule has 3 aromatic carbocycles. The molecule has 0 aromatic heterocycles. The van der Waals surface area contributed by atoms with Gasteiger partial charge in [-0.15, -0.1) is 0 Å². The van der Waals surface area contributed by atoms with Gasteiger partial charge in [0.2, 0.25) is 0 Å². The van der Waals surface area contributed by atoms with Crippen LogP contribution in [0.25, 0.3) is 0 Å². The van der Waals surface area contributed by atoms with Crippen LogP contribution >= 0.6 is 0 Å². The first-order valence-corrected chi connectivity index (χ1v) is 9.10. The zero-order valence-corrected chi connectivity index (χ0v) is 15.6. The number of carbonyl (C=O) groups is 2. The normalized spacial score (nSPS) is 11.4. The summed E-state index contributed by atoms with van der Waals surface area (Å²) in [5, 5.41) is 21.9.